The van der Waals surface area contributed by atoms with Crippen molar-refractivity contribution in [3.63, 3.8) is 0 Å². The van der Waals surface area contributed by atoms with Gasteiger partial charge in [0.05, 0.1) is 6.67 Å². The highest BCUT2D eigenvalue weighted by molar-refractivity contribution is 7.71. The summed E-state index contributed by atoms with van der Waals surface area (Å²) in [5.41, 5.74) is 2.50. The highest BCUT2D eigenvalue weighted by atomic mass is 32.1. The Bertz CT molecular complexity index is 991. The molecular formula is C22H25N5S. The van der Waals surface area contributed by atoms with Crippen LogP contribution in [0, 0.1) is 4.77 Å². The predicted octanol–water partition coefficient (Wildman–Crippen LogP) is 4.48. The van der Waals surface area contributed by atoms with E-state index >= 15 is 0 Å². The van der Waals surface area contributed by atoms with Crippen molar-refractivity contribution in [3.8, 4) is 11.4 Å². The first-order chi connectivity index (χ1) is 13.8. The Morgan fingerprint density at radius 1 is 1.00 bits per heavy atom. The van der Waals surface area contributed by atoms with Crippen molar-refractivity contribution < 1.29 is 0 Å². The normalized spacial score (nSPS) is 19.9. The van der Waals surface area contributed by atoms with Crippen LogP contribution >= 0.6 is 12.2 Å². The maximum absolute atomic E-state index is 5.85. The van der Waals surface area contributed by atoms with Crippen LogP contribution in [0.5, 0.6) is 0 Å². The number of rotatable bonds is 6. The maximum atomic E-state index is 5.85. The van der Waals surface area contributed by atoms with Crippen LogP contribution in [0.2, 0.25) is 0 Å². The van der Waals surface area contributed by atoms with E-state index in [0.29, 0.717) is 12.1 Å². The molecule has 1 atom stereocenters. The van der Waals surface area contributed by atoms with Crippen molar-refractivity contribution in [2.24, 2.45) is 0 Å². The number of nitrogens with zero attached hydrogens (tertiary/aromatic N) is 5. The lowest BCUT2D eigenvalue weighted by Gasteiger charge is -2.24. The quantitative estimate of drug-likeness (QED) is 0.581. The molecule has 0 spiro atoms. The Kier molecular flexibility index (Phi) is 4.82. The van der Waals surface area contributed by atoms with Crippen LogP contribution < -0.4 is 0 Å². The number of hydrogen-bond donors (Lipinski definition) is 0. The molecule has 1 unspecified atom stereocenters. The van der Waals surface area contributed by atoms with Gasteiger partial charge in [0, 0.05) is 36.6 Å². The number of hydrogen-bond acceptors (Lipinski definition) is 4. The second-order valence-corrected chi connectivity index (χ2v) is 8.25. The molecule has 0 amide bonds. The average molecular weight is 392 g/mol. The molecule has 0 radical (unpaired) electrons. The van der Waals surface area contributed by atoms with Crippen LogP contribution in [-0.4, -0.2) is 36.8 Å². The van der Waals surface area contributed by atoms with Crippen LogP contribution in [0.25, 0.3) is 11.4 Å². The number of likely N-dealkylation sites (tertiary alicyclic amines) is 1. The summed E-state index contributed by atoms with van der Waals surface area (Å²) in [6.07, 6.45) is 9.61. The van der Waals surface area contributed by atoms with Crippen LogP contribution in [0.3, 0.4) is 0 Å². The summed E-state index contributed by atoms with van der Waals surface area (Å²) >= 11 is 5.85. The molecule has 5 rings (SSSR count). The molecule has 0 bridgehead atoms. The number of pyridine rings is 1. The molecule has 1 saturated carbocycles. The number of aromatic nitrogens is 4. The summed E-state index contributed by atoms with van der Waals surface area (Å²) in [5, 5.41) is 4.95. The summed E-state index contributed by atoms with van der Waals surface area (Å²) < 4.78 is 5.14. The van der Waals surface area contributed by atoms with Crippen molar-refractivity contribution in [2.45, 2.75) is 50.9 Å². The third-order valence-electron chi connectivity index (χ3n) is 5.85. The fourth-order valence-corrected chi connectivity index (χ4v) is 4.58. The molecule has 2 aromatic heterocycles. The molecule has 2 fully saturated rings. The van der Waals surface area contributed by atoms with Crippen molar-refractivity contribution in [1.29, 1.82) is 0 Å². The van der Waals surface area contributed by atoms with E-state index < -0.39 is 0 Å². The molecule has 3 heterocycles. The zero-order valence-corrected chi connectivity index (χ0v) is 16.8. The molecule has 6 heteroatoms. The van der Waals surface area contributed by atoms with Crippen molar-refractivity contribution in [1.82, 2.24) is 24.2 Å². The molecule has 2 aliphatic rings. The number of benzene rings is 1. The van der Waals surface area contributed by atoms with E-state index in [0.717, 1.165) is 35.8 Å². The third kappa shape index (κ3) is 3.54. The van der Waals surface area contributed by atoms with Gasteiger partial charge in [-0.3, -0.25) is 14.5 Å². The van der Waals surface area contributed by atoms with Gasteiger partial charge in [0.2, 0.25) is 0 Å². The summed E-state index contributed by atoms with van der Waals surface area (Å²) in [6.45, 7) is 1.88. The monoisotopic (exact) mass is 391 g/mol. The Labute approximate surface area is 170 Å². The molecule has 144 valence electrons. The van der Waals surface area contributed by atoms with Gasteiger partial charge in [0.15, 0.2) is 10.6 Å². The topological polar surface area (TPSA) is 38.9 Å². The van der Waals surface area contributed by atoms with Crippen LogP contribution in [0.4, 0.5) is 0 Å². The van der Waals surface area contributed by atoms with Gasteiger partial charge in [-0.05, 0) is 62.0 Å². The lowest BCUT2D eigenvalue weighted by molar-refractivity contribution is 0.187. The van der Waals surface area contributed by atoms with Crippen LogP contribution in [0.15, 0.2) is 54.9 Å². The molecule has 0 N–H and O–H groups in total. The summed E-state index contributed by atoms with van der Waals surface area (Å²) in [5.74, 6) is 0.980. The van der Waals surface area contributed by atoms with Gasteiger partial charge in [0.1, 0.15) is 0 Å². The third-order valence-corrected chi connectivity index (χ3v) is 6.26. The summed E-state index contributed by atoms with van der Waals surface area (Å²) in [7, 11) is 0. The first kappa shape index (κ1) is 17.8. The summed E-state index contributed by atoms with van der Waals surface area (Å²) in [6, 6.07) is 15.9. The molecule has 1 aliphatic heterocycles. The average Bonchev–Trinajstić information content (AvgIpc) is 3.40. The van der Waals surface area contributed by atoms with Gasteiger partial charge in [-0.15, -0.1) is 0 Å². The van der Waals surface area contributed by atoms with Gasteiger partial charge in [-0.1, -0.05) is 30.3 Å². The Balaban J connectivity index is 1.41. The maximum Gasteiger partial charge on any atom is 0.199 e. The Hall–Kier alpha value is -2.31. The van der Waals surface area contributed by atoms with Gasteiger partial charge in [-0.25, -0.2) is 4.68 Å². The van der Waals surface area contributed by atoms with E-state index in [1.54, 1.807) is 0 Å². The summed E-state index contributed by atoms with van der Waals surface area (Å²) in [4.78, 5) is 6.69. The second-order valence-electron chi connectivity index (χ2n) is 7.88. The van der Waals surface area contributed by atoms with Gasteiger partial charge >= 0.3 is 0 Å². The minimum absolute atomic E-state index is 0.503. The molecule has 3 aromatic rings. The minimum atomic E-state index is 0.503. The molecule has 1 aliphatic carbocycles. The molecule has 5 nitrogen and oxygen atoms in total. The van der Waals surface area contributed by atoms with Crippen molar-refractivity contribution in [2.75, 3.05) is 6.54 Å². The van der Waals surface area contributed by atoms with E-state index in [-0.39, 0.29) is 0 Å². The molecule has 1 saturated heterocycles. The fraction of sp³-hybridized carbons (Fsp3) is 0.409. The molecular weight excluding hydrogens is 366 g/mol. The van der Waals surface area contributed by atoms with Gasteiger partial charge in [-0.2, -0.15) is 5.10 Å². The lowest BCUT2D eigenvalue weighted by Crippen LogP contribution is -2.33. The highest BCUT2D eigenvalue weighted by Gasteiger charge is 2.30. The van der Waals surface area contributed by atoms with E-state index in [4.69, 9.17) is 17.3 Å². The zero-order valence-electron chi connectivity index (χ0n) is 15.9. The van der Waals surface area contributed by atoms with E-state index in [9.17, 15) is 0 Å². The van der Waals surface area contributed by atoms with E-state index in [1.165, 1.54) is 31.2 Å². The van der Waals surface area contributed by atoms with Gasteiger partial charge < -0.3 is 0 Å². The SMILES string of the molecule is S=c1n(CN2CCCC2Cc2ccccc2)nc(-c2ccncc2)n1C1CC1. The second kappa shape index (κ2) is 7.60. The van der Waals surface area contributed by atoms with Crippen molar-refractivity contribution in [3.05, 3.63) is 65.2 Å². The standard InChI is InChI=1S/C22H25N5S/c28-22-26(16-25-14-4-7-20(25)15-17-5-2-1-3-6-17)24-21(27(22)19-8-9-19)18-10-12-23-13-11-18/h1-3,5-6,10-13,19-20H,4,7-9,14-16H2. The Morgan fingerprint density at radius 2 is 1.79 bits per heavy atom. The largest absolute Gasteiger partial charge is 0.297 e. The lowest BCUT2D eigenvalue weighted by atomic mass is 10.0. The van der Waals surface area contributed by atoms with Gasteiger partial charge in [0.25, 0.3) is 0 Å². The zero-order chi connectivity index (χ0) is 18.9. The fourth-order valence-electron chi connectivity index (χ4n) is 4.24. The first-order valence-corrected chi connectivity index (χ1v) is 10.6. The van der Waals surface area contributed by atoms with E-state index in [1.807, 2.05) is 29.2 Å². The first-order valence-electron chi connectivity index (χ1n) is 10.2. The van der Waals surface area contributed by atoms with Crippen LogP contribution in [-0.2, 0) is 13.1 Å². The molecule has 1 aromatic carbocycles. The molecule has 28 heavy (non-hydrogen) atoms. The predicted molar refractivity (Wildman–Crippen MR) is 112 cm³/mol. The smallest absolute Gasteiger partial charge is 0.199 e. The van der Waals surface area contributed by atoms with Crippen LogP contribution in [0.1, 0.15) is 37.3 Å². The van der Waals surface area contributed by atoms with Crippen molar-refractivity contribution >= 4 is 12.2 Å². The highest BCUT2D eigenvalue weighted by Crippen LogP contribution is 2.38. The minimum Gasteiger partial charge on any atom is -0.297 e. The van der Waals surface area contributed by atoms with E-state index in [2.05, 4.69) is 44.8 Å². The Morgan fingerprint density at radius 3 is 2.54 bits per heavy atom.